The maximum Gasteiger partial charge on any atom is 0.519 e. The zero-order chi connectivity index (χ0) is 35.2. The summed E-state index contributed by atoms with van der Waals surface area (Å²) in [6, 6.07) is 25.0. The monoisotopic (exact) mass is 721 g/mol. The fourth-order valence-corrected chi connectivity index (χ4v) is 9.62. The average molecular weight is 723 g/mol. The van der Waals surface area contributed by atoms with E-state index in [9.17, 15) is 19.5 Å². The van der Waals surface area contributed by atoms with E-state index in [0.29, 0.717) is 66.6 Å². The summed E-state index contributed by atoms with van der Waals surface area (Å²) < 4.78 is 11.2. The van der Waals surface area contributed by atoms with Gasteiger partial charge in [0.25, 0.3) is 0 Å². The molecule has 11 heteroatoms. The largest absolute Gasteiger partial charge is 0.519 e. The number of fused-ring (bicyclic) bond motifs is 6. The first kappa shape index (κ1) is 32.0. The molecule has 2 heterocycles. The summed E-state index contributed by atoms with van der Waals surface area (Å²) >= 11 is 13.0. The van der Waals surface area contributed by atoms with Crippen molar-refractivity contribution in [1.29, 1.82) is 0 Å². The number of alkyl halides is 2. The lowest BCUT2D eigenvalue weighted by Crippen LogP contribution is -2.73. The minimum Gasteiger partial charge on any atom is -0.507 e. The summed E-state index contributed by atoms with van der Waals surface area (Å²) in [6.07, 6.45) is 0.403. The van der Waals surface area contributed by atoms with Gasteiger partial charge in [0, 0.05) is 65.3 Å². The summed E-state index contributed by atoms with van der Waals surface area (Å²) in [4.78, 5) is 45.2. The maximum atomic E-state index is 14.5. The fraction of sp³-hybridized carbons (Fsp3) is 0.275. The van der Waals surface area contributed by atoms with Crippen molar-refractivity contribution < 1.29 is 29.0 Å². The third kappa shape index (κ3) is 4.71. The van der Waals surface area contributed by atoms with E-state index in [1.165, 1.54) is 0 Å². The molecule has 2 bridgehead atoms. The Morgan fingerprint density at radius 2 is 1.20 bits per heavy atom. The number of anilines is 3. The molecule has 0 unspecified atom stereocenters. The molecule has 3 saturated carbocycles. The second-order valence-electron chi connectivity index (χ2n) is 14.4. The van der Waals surface area contributed by atoms with Crippen molar-refractivity contribution in [3.63, 3.8) is 0 Å². The summed E-state index contributed by atoms with van der Waals surface area (Å²) in [5, 5.41) is 14.0. The molecule has 10 rings (SSSR count). The second kappa shape index (κ2) is 11.5. The Morgan fingerprint density at radius 3 is 1.75 bits per heavy atom. The van der Waals surface area contributed by atoms with Crippen molar-refractivity contribution in [3.05, 3.63) is 96.1 Å². The normalized spacial score (nSPS) is 24.1. The molecule has 9 nitrogen and oxygen atoms in total. The number of aromatic hydroxyl groups is 1. The molecule has 51 heavy (non-hydrogen) atoms. The van der Waals surface area contributed by atoms with E-state index < -0.39 is 17.0 Å². The third-order valence-corrected chi connectivity index (χ3v) is 12.1. The van der Waals surface area contributed by atoms with E-state index in [1.54, 1.807) is 46.2 Å². The highest BCUT2D eigenvalue weighted by molar-refractivity contribution is 6.20. The minimum absolute atomic E-state index is 0.0255. The number of nitrogens with zero attached hydrogens (tertiary/aromatic N) is 2. The van der Waals surface area contributed by atoms with Gasteiger partial charge in [0.05, 0.1) is 22.2 Å². The third-order valence-electron chi connectivity index (χ3n) is 11.3. The number of nitrogen functional groups attached to an aromatic ring is 1. The number of phenols is 1. The average Bonchev–Trinajstić information content (AvgIpc) is 3.67. The second-order valence-corrected chi connectivity index (χ2v) is 15.0. The number of phenolic OH excluding ortho intramolecular Hbond substituents is 1. The number of carbonyl (C=O) groups excluding carboxylic acids is 3. The van der Waals surface area contributed by atoms with Crippen LogP contribution >= 0.6 is 23.2 Å². The van der Waals surface area contributed by atoms with E-state index >= 15 is 0 Å². The predicted molar refractivity (Wildman–Crippen MR) is 197 cm³/mol. The fourth-order valence-electron chi connectivity index (χ4n) is 9.12. The van der Waals surface area contributed by atoms with Gasteiger partial charge in [0.15, 0.2) is 0 Å². The highest BCUT2D eigenvalue weighted by Gasteiger charge is 2.76. The summed E-state index contributed by atoms with van der Waals surface area (Å²) in [5.74, 6) is 1.03. The molecule has 3 aliphatic carbocycles. The molecule has 0 spiro atoms. The van der Waals surface area contributed by atoms with Gasteiger partial charge in [-0.05, 0) is 65.4 Å². The van der Waals surface area contributed by atoms with Gasteiger partial charge in [-0.25, -0.2) is 4.79 Å². The molecule has 2 atom stereocenters. The molecule has 0 saturated heterocycles. The predicted octanol–water partition coefficient (Wildman–Crippen LogP) is 8.07. The van der Waals surface area contributed by atoms with Crippen LogP contribution in [0, 0.1) is 10.8 Å². The number of benzene rings is 5. The molecular formula is C40H33Cl2N3O6. The number of hydrogen-bond donors (Lipinski definition) is 2. The van der Waals surface area contributed by atoms with Crippen molar-refractivity contribution in [2.24, 2.45) is 10.8 Å². The van der Waals surface area contributed by atoms with Gasteiger partial charge in [0.2, 0.25) is 11.8 Å². The van der Waals surface area contributed by atoms with E-state index in [4.69, 9.17) is 38.4 Å². The maximum absolute atomic E-state index is 14.5. The number of halogens is 2. The van der Waals surface area contributed by atoms with Crippen LogP contribution in [0.15, 0.2) is 84.9 Å². The van der Waals surface area contributed by atoms with Crippen LogP contribution < -0.4 is 25.0 Å². The molecule has 5 aliphatic rings. The summed E-state index contributed by atoms with van der Waals surface area (Å²) in [7, 11) is 0. The SMILES string of the molecule is Nc1ccc(OC(=O)Oc2cc3c(c4ccccc24)[C@H](CCl)CN3C(=O)C23CC(C(=O)N4C[C@@H](CCl)c5c4cc(O)c4ccccc54)(C2)C3)cc1. The van der Waals surface area contributed by atoms with Gasteiger partial charge in [0.1, 0.15) is 17.2 Å². The Morgan fingerprint density at radius 1 is 0.706 bits per heavy atom. The van der Waals surface area contributed by atoms with Gasteiger partial charge in [-0.1, -0.05) is 48.5 Å². The number of amides is 2. The standard InChI is InChI=1S/C40H33Cl2N3O6/c41-15-22-17-44(30-13-32(46)26-5-1-3-7-28(26)34(22)30)36(47)39-19-40(20-39,21-39)37(48)45-18-23(16-42)35-29-8-4-2-6-27(29)33(14-31(35)45)51-38(49)50-25-11-9-24(43)10-12-25/h1-14,22-23,46H,15-21,43H2/t22-,23-,39?,40?/m1/s1. The molecule has 3 N–H and O–H groups in total. The van der Waals surface area contributed by atoms with Gasteiger partial charge in [-0.3, -0.25) is 9.59 Å². The van der Waals surface area contributed by atoms with Crippen LogP contribution in [-0.2, 0) is 9.59 Å². The molecule has 258 valence electrons. The van der Waals surface area contributed by atoms with Gasteiger partial charge in [-0.15, -0.1) is 23.2 Å². The van der Waals surface area contributed by atoms with Crippen molar-refractivity contribution in [2.45, 2.75) is 31.1 Å². The Hall–Kier alpha value is -4.99. The zero-order valence-corrected chi connectivity index (χ0v) is 28.9. The number of hydrogen-bond acceptors (Lipinski definition) is 7. The first-order valence-corrected chi connectivity index (χ1v) is 18.0. The van der Waals surface area contributed by atoms with Crippen molar-refractivity contribution >= 4 is 79.8 Å². The van der Waals surface area contributed by atoms with E-state index in [1.807, 2.05) is 48.5 Å². The van der Waals surface area contributed by atoms with Crippen LogP contribution in [0.2, 0.25) is 0 Å². The topological polar surface area (TPSA) is 122 Å². The van der Waals surface area contributed by atoms with Crippen LogP contribution in [0.5, 0.6) is 17.2 Å². The first-order valence-electron chi connectivity index (χ1n) is 17.0. The van der Waals surface area contributed by atoms with Gasteiger partial charge in [-0.2, -0.15) is 0 Å². The van der Waals surface area contributed by atoms with Crippen molar-refractivity contribution in [2.75, 3.05) is 40.4 Å². The number of carbonyl (C=O) groups is 3. The molecular weight excluding hydrogens is 689 g/mol. The molecule has 5 aromatic rings. The minimum atomic E-state index is -0.921. The lowest BCUT2D eigenvalue weighted by molar-refractivity contribution is -0.204. The van der Waals surface area contributed by atoms with E-state index in [2.05, 4.69) is 0 Å². The Kier molecular flexibility index (Phi) is 7.21. The zero-order valence-electron chi connectivity index (χ0n) is 27.4. The van der Waals surface area contributed by atoms with Crippen LogP contribution in [0.1, 0.15) is 42.2 Å². The van der Waals surface area contributed by atoms with Crippen molar-refractivity contribution in [1.82, 2.24) is 0 Å². The molecule has 0 radical (unpaired) electrons. The molecule has 5 aromatic carbocycles. The lowest BCUT2D eigenvalue weighted by Gasteiger charge is -2.69. The molecule has 2 amide bonds. The lowest BCUT2D eigenvalue weighted by atomic mass is 9.34. The van der Waals surface area contributed by atoms with E-state index in [0.717, 1.165) is 27.3 Å². The van der Waals surface area contributed by atoms with Gasteiger partial charge >= 0.3 is 6.16 Å². The molecule has 2 aliphatic heterocycles. The van der Waals surface area contributed by atoms with Crippen LogP contribution in [0.4, 0.5) is 21.9 Å². The highest BCUT2D eigenvalue weighted by atomic mass is 35.5. The summed E-state index contributed by atoms with van der Waals surface area (Å²) in [6.45, 7) is 0.814. The quantitative estimate of drug-likeness (QED) is 0.0787. The smallest absolute Gasteiger partial charge is 0.507 e. The number of rotatable bonds is 6. The van der Waals surface area contributed by atoms with Crippen LogP contribution in [0.25, 0.3) is 21.5 Å². The Bertz CT molecular complexity index is 2290. The van der Waals surface area contributed by atoms with Crippen LogP contribution in [-0.4, -0.2) is 47.9 Å². The van der Waals surface area contributed by atoms with Gasteiger partial charge < -0.3 is 30.1 Å². The number of ether oxygens (including phenoxy) is 2. The van der Waals surface area contributed by atoms with Crippen molar-refractivity contribution in [3.8, 4) is 17.2 Å². The summed E-state index contributed by atoms with van der Waals surface area (Å²) in [5.41, 5.74) is 8.22. The molecule has 0 aromatic heterocycles. The Labute approximate surface area is 303 Å². The first-order chi connectivity index (χ1) is 24.6. The Balaban J connectivity index is 0.987. The number of nitrogens with two attached hydrogens (primary N) is 1. The molecule has 3 fully saturated rings. The highest BCUT2D eigenvalue weighted by Crippen LogP contribution is 2.75. The van der Waals surface area contributed by atoms with Crippen LogP contribution in [0.3, 0.4) is 0 Å². The van der Waals surface area contributed by atoms with E-state index in [-0.39, 0.29) is 40.9 Å².